The van der Waals surface area contributed by atoms with E-state index in [1.165, 1.54) is 0 Å². The van der Waals surface area contributed by atoms with E-state index in [-0.39, 0.29) is 22.7 Å². The molecule has 0 spiro atoms. The van der Waals surface area contributed by atoms with E-state index in [4.69, 9.17) is 5.14 Å². The SMILES string of the molecule is NS(=O)(=O)c1ccc2c(c1)NCC2C(F)(F)F. The molecular formula is C9H9F3N2O2S. The Morgan fingerprint density at radius 2 is 2.00 bits per heavy atom. The first-order chi connectivity index (χ1) is 7.69. The molecule has 1 heterocycles. The van der Waals surface area contributed by atoms with Crippen molar-refractivity contribution >= 4 is 15.7 Å². The molecule has 8 heteroatoms. The van der Waals surface area contributed by atoms with E-state index >= 15 is 0 Å². The molecule has 0 radical (unpaired) electrons. The molecule has 1 aromatic carbocycles. The van der Waals surface area contributed by atoms with Crippen molar-refractivity contribution < 1.29 is 21.6 Å². The Balaban J connectivity index is 2.46. The van der Waals surface area contributed by atoms with Gasteiger partial charge in [0.2, 0.25) is 10.0 Å². The van der Waals surface area contributed by atoms with Crippen LogP contribution in [0.2, 0.25) is 0 Å². The van der Waals surface area contributed by atoms with Crippen LogP contribution in [0.1, 0.15) is 11.5 Å². The fraction of sp³-hybridized carbons (Fsp3) is 0.333. The number of alkyl halides is 3. The Morgan fingerprint density at radius 3 is 2.53 bits per heavy atom. The second-order valence-corrected chi connectivity index (χ2v) is 5.33. The Morgan fingerprint density at radius 1 is 1.35 bits per heavy atom. The van der Waals surface area contributed by atoms with Crippen molar-refractivity contribution in [2.24, 2.45) is 5.14 Å². The van der Waals surface area contributed by atoms with Crippen LogP contribution in [0, 0.1) is 0 Å². The average Bonchev–Trinajstić information content (AvgIpc) is 2.57. The van der Waals surface area contributed by atoms with Crippen molar-refractivity contribution in [3.63, 3.8) is 0 Å². The number of benzene rings is 1. The lowest BCUT2D eigenvalue weighted by Gasteiger charge is -2.14. The molecule has 17 heavy (non-hydrogen) atoms. The summed E-state index contributed by atoms with van der Waals surface area (Å²) in [7, 11) is -3.90. The third-order valence-electron chi connectivity index (χ3n) is 2.62. The van der Waals surface area contributed by atoms with Gasteiger partial charge in [-0.3, -0.25) is 0 Å². The van der Waals surface area contributed by atoms with Crippen LogP contribution in [-0.2, 0) is 10.0 Å². The van der Waals surface area contributed by atoms with Crippen molar-refractivity contribution in [1.29, 1.82) is 0 Å². The first-order valence-electron chi connectivity index (χ1n) is 4.67. The molecule has 1 aromatic rings. The van der Waals surface area contributed by atoms with Gasteiger partial charge in [-0.15, -0.1) is 0 Å². The van der Waals surface area contributed by atoms with E-state index in [2.05, 4.69) is 5.32 Å². The molecule has 0 aliphatic carbocycles. The van der Waals surface area contributed by atoms with Gasteiger partial charge in [0, 0.05) is 12.2 Å². The molecule has 0 saturated heterocycles. The molecule has 2 rings (SSSR count). The van der Waals surface area contributed by atoms with Gasteiger partial charge >= 0.3 is 6.18 Å². The minimum absolute atomic E-state index is 0.0462. The highest BCUT2D eigenvalue weighted by molar-refractivity contribution is 7.89. The normalized spacial score (nSPS) is 19.9. The number of nitrogens with two attached hydrogens (primary N) is 1. The van der Waals surface area contributed by atoms with Gasteiger partial charge in [0.1, 0.15) is 0 Å². The highest BCUT2D eigenvalue weighted by Crippen LogP contribution is 2.42. The maximum Gasteiger partial charge on any atom is 0.397 e. The molecule has 0 aromatic heterocycles. The lowest BCUT2D eigenvalue weighted by Crippen LogP contribution is -2.22. The van der Waals surface area contributed by atoms with Crippen molar-refractivity contribution in [3.05, 3.63) is 23.8 Å². The Bertz CT molecular complexity index is 554. The fourth-order valence-electron chi connectivity index (χ4n) is 1.78. The Hall–Kier alpha value is -1.28. The molecule has 1 unspecified atom stereocenters. The standard InChI is InChI=1S/C9H9F3N2O2S/c10-9(11,12)7-4-14-8-3-5(17(13,15)16)1-2-6(7)8/h1-3,7,14H,4H2,(H2,13,15,16). The molecule has 3 N–H and O–H groups in total. The summed E-state index contributed by atoms with van der Waals surface area (Å²) in [5, 5.41) is 7.42. The summed E-state index contributed by atoms with van der Waals surface area (Å²) in [5.41, 5.74) is 0.212. The second-order valence-electron chi connectivity index (χ2n) is 3.77. The third kappa shape index (κ3) is 2.22. The minimum Gasteiger partial charge on any atom is -0.384 e. The second kappa shape index (κ2) is 3.61. The van der Waals surface area contributed by atoms with Gasteiger partial charge in [0.15, 0.2) is 0 Å². The molecule has 0 saturated carbocycles. The Labute approximate surface area is 95.7 Å². The van der Waals surface area contributed by atoms with Crippen LogP contribution in [0.15, 0.2) is 23.1 Å². The van der Waals surface area contributed by atoms with Gasteiger partial charge < -0.3 is 5.32 Å². The number of halogens is 3. The lowest BCUT2D eigenvalue weighted by molar-refractivity contribution is -0.145. The molecule has 0 amide bonds. The number of fused-ring (bicyclic) bond motifs is 1. The summed E-state index contributed by atoms with van der Waals surface area (Å²) < 4.78 is 59.9. The zero-order valence-electron chi connectivity index (χ0n) is 8.45. The fourth-order valence-corrected chi connectivity index (χ4v) is 2.32. The largest absolute Gasteiger partial charge is 0.397 e. The first-order valence-corrected chi connectivity index (χ1v) is 6.21. The van der Waals surface area contributed by atoms with Crippen LogP contribution in [-0.4, -0.2) is 21.1 Å². The van der Waals surface area contributed by atoms with E-state index < -0.39 is 22.1 Å². The van der Waals surface area contributed by atoms with Crippen LogP contribution in [0.4, 0.5) is 18.9 Å². The van der Waals surface area contributed by atoms with Gasteiger partial charge in [-0.1, -0.05) is 6.07 Å². The van der Waals surface area contributed by atoms with Crippen LogP contribution in [0.3, 0.4) is 0 Å². The molecule has 1 atom stereocenters. The number of hydrogen-bond donors (Lipinski definition) is 2. The molecule has 0 fully saturated rings. The van der Waals surface area contributed by atoms with Gasteiger partial charge in [-0.05, 0) is 17.7 Å². The zero-order chi connectivity index (χ0) is 12.8. The summed E-state index contributed by atoms with van der Waals surface area (Å²) in [6.45, 7) is -0.285. The molecule has 94 valence electrons. The monoisotopic (exact) mass is 266 g/mol. The lowest BCUT2D eigenvalue weighted by atomic mass is 10.0. The van der Waals surface area contributed by atoms with Crippen LogP contribution in [0.5, 0.6) is 0 Å². The third-order valence-corrected chi connectivity index (χ3v) is 3.53. The van der Waals surface area contributed by atoms with Gasteiger partial charge in [-0.2, -0.15) is 13.2 Å². The summed E-state index contributed by atoms with van der Waals surface area (Å²) in [6.07, 6.45) is -4.35. The highest BCUT2D eigenvalue weighted by atomic mass is 32.2. The average molecular weight is 266 g/mol. The van der Waals surface area contributed by atoms with Gasteiger partial charge in [0.25, 0.3) is 0 Å². The van der Waals surface area contributed by atoms with Crippen LogP contribution < -0.4 is 10.5 Å². The summed E-state index contributed by atoms with van der Waals surface area (Å²) in [5.74, 6) is -1.60. The predicted octanol–water partition coefficient (Wildman–Crippen LogP) is 1.41. The van der Waals surface area contributed by atoms with Crippen LogP contribution in [0.25, 0.3) is 0 Å². The molecule has 4 nitrogen and oxygen atoms in total. The highest BCUT2D eigenvalue weighted by Gasteiger charge is 2.44. The summed E-state index contributed by atoms with van der Waals surface area (Å²) >= 11 is 0. The first kappa shape index (κ1) is 12.2. The summed E-state index contributed by atoms with van der Waals surface area (Å²) in [4.78, 5) is -0.202. The number of primary sulfonamides is 1. The van der Waals surface area contributed by atoms with Crippen molar-refractivity contribution in [1.82, 2.24) is 0 Å². The minimum atomic E-state index is -4.35. The maximum atomic E-state index is 12.6. The predicted molar refractivity (Wildman–Crippen MR) is 55.1 cm³/mol. The van der Waals surface area contributed by atoms with Crippen molar-refractivity contribution in [3.8, 4) is 0 Å². The molecular weight excluding hydrogens is 257 g/mol. The van der Waals surface area contributed by atoms with E-state index in [0.717, 1.165) is 18.2 Å². The van der Waals surface area contributed by atoms with Crippen molar-refractivity contribution in [2.75, 3.05) is 11.9 Å². The number of rotatable bonds is 1. The van der Waals surface area contributed by atoms with E-state index in [9.17, 15) is 21.6 Å². The Kier molecular flexibility index (Phi) is 2.58. The molecule has 1 aliphatic heterocycles. The van der Waals surface area contributed by atoms with Crippen LogP contribution >= 0.6 is 0 Å². The van der Waals surface area contributed by atoms with Gasteiger partial charge in [-0.25, -0.2) is 13.6 Å². The van der Waals surface area contributed by atoms with E-state index in [0.29, 0.717) is 0 Å². The smallest absolute Gasteiger partial charge is 0.384 e. The summed E-state index contributed by atoms with van der Waals surface area (Å²) in [6, 6.07) is 3.35. The zero-order valence-corrected chi connectivity index (χ0v) is 9.27. The topological polar surface area (TPSA) is 72.2 Å². The van der Waals surface area contributed by atoms with Gasteiger partial charge in [0.05, 0.1) is 10.8 Å². The quantitative estimate of drug-likeness (QED) is 0.807. The molecule has 0 bridgehead atoms. The van der Waals surface area contributed by atoms with Crippen molar-refractivity contribution in [2.45, 2.75) is 17.0 Å². The molecule has 1 aliphatic rings. The van der Waals surface area contributed by atoms with E-state index in [1.807, 2.05) is 0 Å². The number of hydrogen-bond acceptors (Lipinski definition) is 3. The number of anilines is 1. The maximum absolute atomic E-state index is 12.6. The number of nitrogens with one attached hydrogen (secondary N) is 1. The number of sulfonamides is 1. The van der Waals surface area contributed by atoms with E-state index in [1.54, 1.807) is 0 Å².